The molecule has 2 aliphatic rings. The molecule has 3 aromatic heterocycles. The molecule has 224 valence electrons. The van der Waals surface area contributed by atoms with Crippen molar-refractivity contribution in [1.82, 2.24) is 33.1 Å². The minimum absolute atomic E-state index is 0.0931. The number of hydrogen-bond acceptors (Lipinski definition) is 7. The first-order chi connectivity index (χ1) is 20.0. The van der Waals surface area contributed by atoms with Crippen molar-refractivity contribution in [3.8, 4) is 0 Å². The number of benzene rings is 1. The van der Waals surface area contributed by atoms with Gasteiger partial charge in [0.2, 0.25) is 5.91 Å². The molecule has 1 spiro atoms. The fourth-order valence-corrected chi connectivity index (χ4v) is 6.76. The molecule has 1 N–H and O–H groups in total. The lowest BCUT2D eigenvalue weighted by Crippen LogP contribution is -2.57. The molecule has 4 aromatic rings. The van der Waals surface area contributed by atoms with Gasteiger partial charge in [0, 0.05) is 53.0 Å². The van der Waals surface area contributed by atoms with E-state index in [1.807, 2.05) is 23.1 Å². The fourth-order valence-electron chi connectivity index (χ4n) is 6.76. The van der Waals surface area contributed by atoms with E-state index in [0.717, 1.165) is 40.8 Å². The van der Waals surface area contributed by atoms with E-state index in [-0.39, 0.29) is 23.7 Å². The molecule has 2 saturated heterocycles. The molecular formula is C30H39N7O5. The lowest BCUT2D eigenvalue weighted by molar-refractivity contribution is -0.201. The smallest absolute Gasteiger partial charge is 0.332 e. The number of fused-ring (bicyclic) bond motifs is 2. The van der Waals surface area contributed by atoms with E-state index < -0.39 is 28.5 Å². The topological polar surface area (TPSA) is 129 Å². The minimum Gasteiger partial charge on any atom is -0.386 e. The van der Waals surface area contributed by atoms with Crippen LogP contribution in [0.25, 0.3) is 22.2 Å². The van der Waals surface area contributed by atoms with Crippen molar-refractivity contribution < 1.29 is 14.6 Å². The van der Waals surface area contributed by atoms with Gasteiger partial charge in [0.1, 0.15) is 11.4 Å². The Bertz CT molecular complexity index is 1770. The van der Waals surface area contributed by atoms with Crippen molar-refractivity contribution in [2.45, 2.75) is 76.2 Å². The maximum Gasteiger partial charge on any atom is 0.332 e. The molecule has 5 heterocycles. The molecule has 42 heavy (non-hydrogen) atoms. The second kappa shape index (κ2) is 10.5. The molecule has 12 nitrogen and oxygen atoms in total. The normalized spacial score (nSPS) is 22.4. The SMILES string of the molecule is CCn1c(CCCC(=O)N2CCC3(CC2)C[C@H](n2cnc4c2c(=O)n(C)c(=O)n4C)[C@@](C)(O)CO3)nc2ccccc21. The number of para-hydroxylation sites is 2. The molecule has 0 radical (unpaired) electrons. The Balaban J connectivity index is 1.12. The van der Waals surface area contributed by atoms with E-state index in [9.17, 15) is 19.5 Å². The van der Waals surface area contributed by atoms with Gasteiger partial charge in [-0.05, 0) is 45.2 Å². The van der Waals surface area contributed by atoms with Crippen molar-refractivity contribution in [3.05, 3.63) is 57.3 Å². The third-order valence-electron chi connectivity index (χ3n) is 9.33. The van der Waals surface area contributed by atoms with Crippen LogP contribution in [0.15, 0.2) is 40.2 Å². The monoisotopic (exact) mass is 577 g/mol. The Hall–Kier alpha value is -3.77. The lowest BCUT2D eigenvalue weighted by atomic mass is 9.77. The van der Waals surface area contributed by atoms with Crippen LogP contribution in [-0.4, -0.2) is 75.0 Å². The van der Waals surface area contributed by atoms with Crippen molar-refractivity contribution in [1.29, 1.82) is 0 Å². The summed E-state index contributed by atoms with van der Waals surface area (Å²) in [6.07, 6.45) is 5.22. The fraction of sp³-hybridized carbons (Fsp3) is 0.567. The molecule has 0 saturated carbocycles. The molecule has 0 unspecified atom stereocenters. The summed E-state index contributed by atoms with van der Waals surface area (Å²) in [7, 11) is 3.02. The number of carbonyl (C=O) groups excluding carboxylic acids is 1. The van der Waals surface area contributed by atoms with Crippen molar-refractivity contribution >= 4 is 28.1 Å². The average molecular weight is 578 g/mol. The highest BCUT2D eigenvalue weighted by molar-refractivity contribution is 5.77. The van der Waals surface area contributed by atoms with Crippen molar-refractivity contribution in [2.24, 2.45) is 14.1 Å². The Morgan fingerprint density at radius 2 is 1.88 bits per heavy atom. The number of likely N-dealkylation sites (tertiary alicyclic amines) is 1. The molecule has 2 fully saturated rings. The highest BCUT2D eigenvalue weighted by Gasteiger charge is 2.50. The molecule has 1 amide bonds. The van der Waals surface area contributed by atoms with E-state index in [1.165, 1.54) is 17.9 Å². The van der Waals surface area contributed by atoms with Crippen LogP contribution < -0.4 is 11.2 Å². The highest BCUT2D eigenvalue weighted by atomic mass is 16.5. The summed E-state index contributed by atoms with van der Waals surface area (Å²) in [5, 5.41) is 11.4. The molecule has 2 atom stereocenters. The summed E-state index contributed by atoms with van der Waals surface area (Å²) in [6, 6.07) is 7.63. The maximum atomic E-state index is 13.2. The molecular weight excluding hydrogens is 538 g/mol. The van der Waals surface area contributed by atoms with Gasteiger partial charge in [0.25, 0.3) is 5.56 Å². The molecule has 12 heteroatoms. The van der Waals surface area contributed by atoms with Gasteiger partial charge < -0.3 is 23.9 Å². The number of piperidine rings is 1. The first-order valence-electron chi connectivity index (χ1n) is 14.8. The van der Waals surface area contributed by atoms with Crippen LogP contribution in [0.3, 0.4) is 0 Å². The Labute approximate surface area is 243 Å². The minimum atomic E-state index is -1.25. The first-order valence-corrected chi connectivity index (χ1v) is 14.8. The molecule has 0 aliphatic carbocycles. The molecule has 2 aliphatic heterocycles. The van der Waals surface area contributed by atoms with Crippen molar-refractivity contribution in [2.75, 3.05) is 19.7 Å². The average Bonchev–Trinajstić information content (AvgIpc) is 3.58. The zero-order valence-electron chi connectivity index (χ0n) is 24.7. The maximum absolute atomic E-state index is 13.2. The van der Waals surface area contributed by atoms with E-state index in [1.54, 1.807) is 18.5 Å². The predicted octanol–water partition coefficient (Wildman–Crippen LogP) is 1.90. The molecule has 0 bridgehead atoms. The second-order valence-electron chi connectivity index (χ2n) is 12.1. The number of aryl methyl sites for hydroxylation is 3. The van der Waals surface area contributed by atoms with E-state index in [4.69, 9.17) is 9.72 Å². The number of rotatable bonds is 6. The highest BCUT2D eigenvalue weighted by Crippen LogP contribution is 2.44. The van der Waals surface area contributed by atoms with Gasteiger partial charge in [-0.1, -0.05) is 12.1 Å². The summed E-state index contributed by atoms with van der Waals surface area (Å²) in [5.74, 6) is 1.15. The van der Waals surface area contributed by atoms with E-state index >= 15 is 0 Å². The number of carbonyl (C=O) groups is 1. The van der Waals surface area contributed by atoms with E-state index in [0.29, 0.717) is 38.8 Å². The van der Waals surface area contributed by atoms with Gasteiger partial charge in [-0.15, -0.1) is 0 Å². The molecule has 6 rings (SSSR count). The Morgan fingerprint density at radius 3 is 2.62 bits per heavy atom. The summed E-state index contributed by atoms with van der Waals surface area (Å²) in [5.41, 5.74) is 0.00498. The number of aliphatic hydroxyl groups is 1. The quantitative estimate of drug-likeness (QED) is 0.371. The van der Waals surface area contributed by atoms with Gasteiger partial charge in [0.05, 0.1) is 35.6 Å². The summed E-state index contributed by atoms with van der Waals surface area (Å²) in [6.45, 7) is 5.89. The number of amides is 1. The van der Waals surface area contributed by atoms with Crippen LogP contribution in [0.2, 0.25) is 0 Å². The predicted molar refractivity (Wildman–Crippen MR) is 157 cm³/mol. The Morgan fingerprint density at radius 1 is 1.14 bits per heavy atom. The van der Waals surface area contributed by atoms with Crippen LogP contribution in [0, 0.1) is 0 Å². The standard InChI is InChI=1S/C30H39N7O5/c1-5-36-21-10-7-6-9-20(21)32-23(36)11-8-12-24(38)35-15-13-30(14-16-35)17-22(29(2,41)18-42-30)37-19-31-26-25(37)27(39)34(4)28(40)33(26)3/h6-7,9-10,19,22,41H,5,8,11-18H2,1-4H3/t22-,29-/m0/s1. The number of ether oxygens (including phenoxy) is 1. The summed E-state index contributed by atoms with van der Waals surface area (Å²) in [4.78, 5) is 49.7. The first kappa shape index (κ1) is 28.4. The van der Waals surface area contributed by atoms with Crippen LogP contribution in [0.4, 0.5) is 0 Å². The molecule has 1 aromatic carbocycles. The van der Waals surface area contributed by atoms with Gasteiger partial charge in [-0.3, -0.25) is 18.7 Å². The number of imidazole rings is 2. The van der Waals surface area contributed by atoms with E-state index in [2.05, 4.69) is 22.5 Å². The van der Waals surface area contributed by atoms with Gasteiger partial charge >= 0.3 is 5.69 Å². The van der Waals surface area contributed by atoms with Crippen LogP contribution in [-0.2, 0) is 36.6 Å². The summed E-state index contributed by atoms with van der Waals surface area (Å²) < 4.78 is 12.6. The van der Waals surface area contributed by atoms with Gasteiger partial charge in [-0.25, -0.2) is 14.8 Å². The third-order valence-corrected chi connectivity index (χ3v) is 9.33. The number of nitrogens with zero attached hydrogens (tertiary/aromatic N) is 7. The van der Waals surface area contributed by atoms with Crippen LogP contribution in [0.5, 0.6) is 0 Å². The van der Waals surface area contributed by atoms with Crippen LogP contribution in [0.1, 0.15) is 57.8 Å². The third kappa shape index (κ3) is 4.66. The van der Waals surface area contributed by atoms with Crippen LogP contribution >= 0.6 is 0 Å². The number of aromatic nitrogens is 6. The Kier molecular flexibility index (Phi) is 7.09. The largest absolute Gasteiger partial charge is 0.386 e. The van der Waals surface area contributed by atoms with Gasteiger partial charge in [0.15, 0.2) is 11.2 Å². The summed E-state index contributed by atoms with van der Waals surface area (Å²) >= 11 is 0. The lowest BCUT2D eigenvalue weighted by Gasteiger charge is -2.51. The number of hydrogen-bond donors (Lipinski definition) is 1. The zero-order valence-corrected chi connectivity index (χ0v) is 24.7. The van der Waals surface area contributed by atoms with Crippen molar-refractivity contribution in [3.63, 3.8) is 0 Å². The van der Waals surface area contributed by atoms with Gasteiger partial charge in [-0.2, -0.15) is 0 Å². The second-order valence-corrected chi connectivity index (χ2v) is 12.1. The zero-order chi connectivity index (χ0) is 29.8.